The summed E-state index contributed by atoms with van der Waals surface area (Å²) in [7, 11) is 0. The van der Waals surface area contributed by atoms with Crippen LogP contribution >= 0.6 is 0 Å². The molecule has 3 rings (SSSR count). The van der Waals surface area contributed by atoms with E-state index in [1.807, 2.05) is 6.92 Å². The topological polar surface area (TPSA) is 59.1 Å². The van der Waals surface area contributed by atoms with Crippen LogP contribution in [0.4, 0.5) is 0 Å². The molecule has 2 heterocycles. The number of rotatable bonds is 0. The largest absolute Gasteiger partial charge is 0.455 e. The van der Waals surface area contributed by atoms with Crippen molar-refractivity contribution in [1.29, 1.82) is 0 Å². The van der Waals surface area contributed by atoms with E-state index in [1.54, 1.807) is 0 Å². The molecule has 0 aromatic heterocycles. The van der Waals surface area contributed by atoms with Gasteiger partial charge in [-0.1, -0.05) is 12.7 Å². The average molecular weight is 264 g/mol. The lowest BCUT2D eigenvalue weighted by Crippen LogP contribution is -2.31. The number of aliphatic hydroxyl groups is 1. The summed E-state index contributed by atoms with van der Waals surface area (Å²) in [5.74, 6) is -0.489. The molecule has 2 fully saturated rings. The van der Waals surface area contributed by atoms with Crippen molar-refractivity contribution in [2.75, 3.05) is 0 Å². The van der Waals surface area contributed by atoms with Gasteiger partial charge in [-0.15, -0.1) is 0 Å². The van der Waals surface area contributed by atoms with Gasteiger partial charge in [-0.2, -0.15) is 0 Å². The maximum atomic E-state index is 11.7. The minimum atomic E-state index is -0.540. The zero-order valence-electron chi connectivity index (χ0n) is 11.4. The van der Waals surface area contributed by atoms with Crippen LogP contribution in [-0.4, -0.2) is 35.0 Å². The molecule has 4 heteroatoms. The van der Waals surface area contributed by atoms with Crippen molar-refractivity contribution in [1.82, 2.24) is 0 Å². The molecular formula is C15H20O4. The van der Waals surface area contributed by atoms with Crippen LogP contribution in [0, 0.1) is 5.92 Å². The van der Waals surface area contributed by atoms with Crippen LogP contribution in [-0.2, 0) is 14.3 Å². The second-order valence-corrected chi connectivity index (χ2v) is 6.09. The first-order valence-corrected chi connectivity index (χ1v) is 6.85. The lowest BCUT2D eigenvalue weighted by molar-refractivity contribution is -0.140. The van der Waals surface area contributed by atoms with Crippen LogP contribution < -0.4 is 0 Å². The summed E-state index contributed by atoms with van der Waals surface area (Å²) < 4.78 is 11.2. The molecule has 5 atom stereocenters. The maximum Gasteiger partial charge on any atom is 0.334 e. The first-order chi connectivity index (χ1) is 8.92. The van der Waals surface area contributed by atoms with Crippen LogP contribution in [0.15, 0.2) is 23.8 Å². The number of carbonyl (C=O) groups is 1. The minimum absolute atomic E-state index is 0.0558. The molecule has 3 aliphatic rings. The summed E-state index contributed by atoms with van der Waals surface area (Å²) in [5.41, 5.74) is 1.22. The molecule has 0 bridgehead atoms. The smallest absolute Gasteiger partial charge is 0.334 e. The molecule has 0 spiro atoms. The van der Waals surface area contributed by atoms with Crippen LogP contribution in [0.25, 0.3) is 0 Å². The van der Waals surface area contributed by atoms with Crippen LogP contribution in [0.2, 0.25) is 0 Å². The molecule has 1 aliphatic carbocycles. The Balaban J connectivity index is 1.91. The van der Waals surface area contributed by atoms with Gasteiger partial charge in [0.05, 0.1) is 11.7 Å². The molecule has 2 saturated heterocycles. The van der Waals surface area contributed by atoms with E-state index >= 15 is 0 Å². The van der Waals surface area contributed by atoms with Crippen LogP contribution in [0.3, 0.4) is 0 Å². The molecule has 0 aromatic carbocycles. The third-order valence-corrected chi connectivity index (χ3v) is 4.70. The highest BCUT2D eigenvalue weighted by Gasteiger charge is 2.61. The fourth-order valence-corrected chi connectivity index (χ4v) is 3.20. The molecule has 2 aliphatic heterocycles. The van der Waals surface area contributed by atoms with E-state index in [1.165, 1.54) is 0 Å². The summed E-state index contributed by atoms with van der Waals surface area (Å²) >= 11 is 0. The van der Waals surface area contributed by atoms with Gasteiger partial charge in [-0.05, 0) is 38.7 Å². The molecule has 19 heavy (non-hydrogen) atoms. The van der Waals surface area contributed by atoms with E-state index in [0.717, 1.165) is 18.4 Å². The average Bonchev–Trinajstić information content (AvgIpc) is 2.95. The number of hydrogen-bond acceptors (Lipinski definition) is 4. The Morgan fingerprint density at radius 3 is 3.00 bits per heavy atom. The van der Waals surface area contributed by atoms with Gasteiger partial charge in [0.25, 0.3) is 0 Å². The Kier molecular flexibility index (Phi) is 2.84. The van der Waals surface area contributed by atoms with Crippen molar-refractivity contribution >= 4 is 5.97 Å². The molecular weight excluding hydrogens is 244 g/mol. The van der Waals surface area contributed by atoms with E-state index in [4.69, 9.17) is 9.47 Å². The summed E-state index contributed by atoms with van der Waals surface area (Å²) in [6, 6.07) is 0. The summed E-state index contributed by atoms with van der Waals surface area (Å²) in [5, 5.41) is 10.2. The monoisotopic (exact) mass is 264 g/mol. The minimum Gasteiger partial charge on any atom is -0.455 e. The first kappa shape index (κ1) is 12.9. The lowest BCUT2D eigenvalue weighted by Gasteiger charge is -2.22. The normalized spacial score (nSPS) is 48.7. The first-order valence-electron chi connectivity index (χ1n) is 6.85. The maximum absolute atomic E-state index is 11.7. The number of fused-ring (bicyclic) bond motifs is 3. The third kappa shape index (κ3) is 2.03. The molecule has 1 unspecified atom stereocenters. The van der Waals surface area contributed by atoms with Crippen LogP contribution in [0.5, 0.6) is 0 Å². The van der Waals surface area contributed by atoms with E-state index < -0.39 is 6.10 Å². The number of carbonyl (C=O) groups excluding carboxylic acids is 1. The lowest BCUT2D eigenvalue weighted by atomic mass is 9.83. The van der Waals surface area contributed by atoms with Gasteiger partial charge in [0.2, 0.25) is 0 Å². The molecule has 1 N–H and O–H groups in total. The summed E-state index contributed by atoms with van der Waals surface area (Å²) in [4.78, 5) is 11.7. The number of aliphatic hydroxyl groups excluding tert-OH is 1. The number of epoxide rings is 1. The van der Waals surface area contributed by atoms with Crippen molar-refractivity contribution in [3.05, 3.63) is 23.8 Å². The van der Waals surface area contributed by atoms with Crippen molar-refractivity contribution < 1.29 is 19.4 Å². The summed E-state index contributed by atoms with van der Waals surface area (Å²) in [6.07, 6.45) is 3.42. The van der Waals surface area contributed by atoms with Crippen LogP contribution in [0.1, 0.15) is 33.1 Å². The standard InChI is InChI=1S/C15H20O4/c1-8-5-4-6-15(3)13(19-15)12-10(7-11(8)16)9(2)14(17)18-12/h5,10-13,16H,2,4,6-7H2,1,3H3/b8-5-/t10-,11+,12?,13+,15+/m0/s1. The van der Waals surface area contributed by atoms with E-state index in [0.29, 0.717) is 12.0 Å². The highest BCUT2D eigenvalue weighted by Crippen LogP contribution is 2.49. The van der Waals surface area contributed by atoms with Gasteiger partial charge in [0, 0.05) is 11.5 Å². The highest BCUT2D eigenvalue weighted by molar-refractivity contribution is 5.91. The molecule has 4 nitrogen and oxygen atoms in total. The fourth-order valence-electron chi connectivity index (χ4n) is 3.20. The van der Waals surface area contributed by atoms with Gasteiger partial charge in [0.1, 0.15) is 12.2 Å². The third-order valence-electron chi connectivity index (χ3n) is 4.70. The van der Waals surface area contributed by atoms with Crippen molar-refractivity contribution in [2.24, 2.45) is 5.92 Å². The van der Waals surface area contributed by atoms with Crippen molar-refractivity contribution in [3.63, 3.8) is 0 Å². The Morgan fingerprint density at radius 1 is 1.53 bits per heavy atom. The van der Waals surface area contributed by atoms with Gasteiger partial charge in [-0.25, -0.2) is 4.79 Å². The summed E-state index contributed by atoms with van der Waals surface area (Å²) in [6.45, 7) is 7.81. The predicted octanol–water partition coefficient (Wildman–Crippen LogP) is 1.73. The van der Waals surface area contributed by atoms with Crippen molar-refractivity contribution in [2.45, 2.75) is 57.0 Å². The quantitative estimate of drug-likeness (QED) is 0.313. The molecule has 0 amide bonds. The fraction of sp³-hybridized carbons (Fsp3) is 0.667. The highest BCUT2D eigenvalue weighted by atomic mass is 16.6. The number of allylic oxidation sites excluding steroid dienone is 1. The van der Waals surface area contributed by atoms with Gasteiger partial charge >= 0.3 is 5.97 Å². The van der Waals surface area contributed by atoms with E-state index in [9.17, 15) is 9.90 Å². The number of esters is 1. The molecule has 0 saturated carbocycles. The Bertz CT molecular complexity index is 467. The Labute approximate surface area is 113 Å². The second-order valence-electron chi connectivity index (χ2n) is 6.09. The van der Waals surface area contributed by atoms with Gasteiger partial charge in [-0.3, -0.25) is 0 Å². The number of ether oxygens (including phenoxy) is 2. The molecule has 104 valence electrons. The number of hydrogen-bond donors (Lipinski definition) is 1. The SMILES string of the molecule is C=C1C(=O)OC2[C@H]3O[C@]3(C)CC/C=C(/C)[C@H](O)C[C@@H]12. The zero-order valence-corrected chi connectivity index (χ0v) is 11.4. The molecule has 0 radical (unpaired) electrons. The zero-order chi connectivity index (χ0) is 13.8. The Hall–Kier alpha value is -1.13. The van der Waals surface area contributed by atoms with E-state index in [2.05, 4.69) is 19.6 Å². The Morgan fingerprint density at radius 2 is 2.26 bits per heavy atom. The second kappa shape index (κ2) is 4.18. The van der Waals surface area contributed by atoms with E-state index in [-0.39, 0.29) is 29.7 Å². The predicted molar refractivity (Wildman–Crippen MR) is 69.4 cm³/mol. The molecule has 0 aromatic rings. The van der Waals surface area contributed by atoms with Gasteiger partial charge in [0.15, 0.2) is 0 Å². The van der Waals surface area contributed by atoms with Gasteiger partial charge < -0.3 is 14.6 Å². The van der Waals surface area contributed by atoms with Crippen molar-refractivity contribution in [3.8, 4) is 0 Å².